The molecule has 1 saturated heterocycles. The number of rotatable bonds is 3. The Morgan fingerprint density at radius 1 is 1.50 bits per heavy atom. The minimum Gasteiger partial charge on any atom is -0.338 e. The second kappa shape index (κ2) is 5.26. The van der Waals surface area contributed by atoms with E-state index >= 15 is 0 Å². The predicted octanol–water partition coefficient (Wildman–Crippen LogP) is 2.62. The molecule has 0 radical (unpaired) electrons. The fraction of sp³-hybridized carbons (Fsp3) is 0.800. The molecule has 0 atom stereocenters. The molecule has 1 aliphatic rings. The molecule has 1 fully saturated rings. The van der Waals surface area contributed by atoms with Crippen LogP contribution in [0, 0.1) is 11.3 Å². The minimum atomic E-state index is -0.275. The third-order valence-corrected chi connectivity index (χ3v) is 7.62. The van der Waals surface area contributed by atoms with Gasteiger partial charge in [-0.15, -0.1) is 0 Å². The lowest BCUT2D eigenvalue weighted by Crippen LogP contribution is -1.81. The number of hydrogen-bond acceptors (Lipinski definition) is 4. The van der Waals surface area contributed by atoms with E-state index in [4.69, 9.17) is 9.79 Å². The maximum atomic E-state index is 8.20. The molecule has 0 amide bonds. The van der Waals surface area contributed by atoms with Crippen molar-refractivity contribution in [2.24, 2.45) is 0 Å². The molecule has 0 spiro atoms. The predicted molar refractivity (Wildman–Crippen MR) is 48.0 cm³/mol. The van der Waals surface area contributed by atoms with Gasteiger partial charge in [0.1, 0.15) is 0 Å². The summed E-state index contributed by atoms with van der Waals surface area (Å²) in [5, 5.41) is 8.20. The van der Waals surface area contributed by atoms with Gasteiger partial charge in [-0.05, 0) is 0 Å². The molecule has 5 heteroatoms. The van der Waals surface area contributed by atoms with Crippen LogP contribution in [0.2, 0.25) is 0 Å². The Labute approximate surface area is 70.0 Å². The van der Waals surface area contributed by atoms with Gasteiger partial charge in [0.25, 0.3) is 0 Å². The van der Waals surface area contributed by atoms with Crippen LogP contribution in [0.5, 0.6) is 0 Å². The molecule has 2 nitrogen and oxygen atoms in total. The normalized spacial score (nSPS) is 19.1. The zero-order chi connectivity index (χ0) is 7.23. The van der Waals surface area contributed by atoms with Crippen LogP contribution in [0.3, 0.4) is 0 Å². The summed E-state index contributed by atoms with van der Waals surface area (Å²) in [6.07, 6.45) is 0.528. The van der Waals surface area contributed by atoms with Crippen molar-refractivity contribution in [1.29, 1.82) is 5.26 Å². The van der Waals surface area contributed by atoms with Crippen LogP contribution in [0.4, 0.5) is 0 Å². The average molecular weight is 193 g/mol. The Bertz CT molecular complexity index is 132. The monoisotopic (exact) mass is 193 g/mol. The Balaban J connectivity index is 1.97. The van der Waals surface area contributed by atoms with Crippen LogP contribution >= 0.6 is 29.3 Å². The van der Waals surface area contributed by atoms with Gasteiger partial charge >= 0.3 is 0 Å². The lowest BCUT2D eigenvalue weighted by Gasteiger charge is -2.05. The topological polar surface area (TPSA) is 33.0 Å². The lowest BCUT2D eigenvalue weighted by atomic mass is 10.5. The molecule has 56 valence electrons. The highest BCUT2D eigenvalue weighted by Crippen LogP contribution is 2.66. The van der Waals surface area contributed by atoms with E-state index in [9.17, 15) is 0 Å². The van der Waals surface area contributed by atoms with Crippen molar-refractivity contribution in [2.75, 3.05) is 18.1 Å². The van der Waals surface area contributed by atoms with Gasteiger partial charge in [0.05, 0.1) is 19.1 Å². The number of hydrogen-bond donors (Lipinski definition) is 0. The number of nitriles is 1. The first-order valence-corrected chi connectivity index (χ1v) is 7.43. The van der Waals surface area contributed by atoms with Crippen LogP contribution in [0.25, 0.3) is 0 Å². The van der Waals surface area contributed by atoms with Gasteiger partial charge in [0.2, 0.25) is 0 Å². The van der Waals surface area contributed by atoms with E-state index in [1.165, 1.54) is 11.5 Å². The van der Waals surface area contributed by atoms with Crippen LogP contribution in [-0.2, 0) is 4.52 Å². The standard InChI is InChI=1S/C5H8NOPS2/c6-2-1-3-7-8-9-4-5-10-8/h1,3-5H2. The van der Waals surface area contributed by atoms with Crippen molar-refractivity contribution in [2.45, 2.75) is 6.42 Å². The number of nitrogens with zero attached hydrogens (tertiary/aromatic N) is 1. The van der Waals surface area contributed by atoms with E-state index in [-0.39, 0.29) is 6.55 Å². The van der Waals surface area contributed by atoms with Crippen molar-refractivity contribution >= 4 is 29.3 Å². The summed E-state index contributed by atoms with van der Waals surface area (Å²) in [4.78, 5) is 0. The average Bonchev–Trinajstić information content (AvgIpc) is 2.41. The first-order valence-electron chi connectivity index (χ1n) is 2.99. The maximum absolute atomic E-state index is 8.20. The fourth-order valence-corrected chi connectivity index (χ4v) is 7.23. The van der Waals surface area contributed by atoms with Crippen LogP contribution in [-0.4, -0.2) is 18.1 Å². The molecular formula is C5H8NOPS2. The van der Waals surface area contributed by atoms with Gasteiger partial charge in [-0.25, -0.2) is 0 Å². The van der Waals surface area contributed by atoms with Gasteiger partial charge in [0.15, 0.2) is 6.55 Å². The third kappa shape index (κ3) is 3.12. The first-order chi connectivity index (χ1) is 4.93. The van der Waals surface area contributed by atoms with E-state index in [2.05, 4.69) is 6.07 Å². The summed E-state index contributed by atoms with van der Waals surface area (Å²) in [5.74, 6) is 2.42. The summed E-state index contributed by atoms with van der Waals surface area (Å²) in [5.41, 5.74) is 0. The van der Waals surface area contributed by atoms with Crippen molar-refractivity contribution in [1.82, 2.24) is 0 Å². The molecule has 0 aromatic rings. The van der Waals surface area contributed by atoms with Crippen molar-refractivity contribution in [3.8, 4) is 6.07 Å². The highest BCUT2D eigenvalue weighted by Gasteiger charge is 2.16. The molecule has 0 unspecified atom stereocenters. The summed E-state index contributed by atoms with van der Waals surface area (Å²) in [6, 6.07) is 2.06. The molecule has 1 heterocycles. The summed E-state index contributed by atoms with van der Waals surface area (Å²) < 4.78 is 5.41. The van der Waals surface area contributed by atoms with E-state index in [1.807, 2.05) is 22.8 Å². The SMILES string of the molecule is N#CCCOP1SCCS1. The summed E-state index contributed by atoms with van der Waals surface area (Å²) >= 11 is 3.78. The van der Waals surface area contributed by atoms with Crippen LogP contribution < -0.4 is 0 Å². The Morgan fingerprint density at radius 2 is 2.20 bits per heavy atom. The zero-order valence-electron chi connectivity index (χ0n) is 5.45. The van der Waals surface area contributed by atoms with Gasteiger partial charge in [-0.2, -0.15) is 5.26 Å². The van der Waals surface area contributed by atoms with Gasteiger partial charge in [-0.1, -0.05) is 22.8 Å². The molecule has 1 rings (SSSR count). The summed E-state index contributed by atoms with van der Waals surface area (Å²) in [6.45, 7) is 0.339. The second-order valence-corrected chi connectivity index (χ2v) is 7.90. The van der Waals surface area contributed by atoms with E-state index in [0.29, 0.717) is 13.0 Å². The second-order valence-electron chi connectivity index (χ2n) is 1.63. The highest BCUT2D eigenvalue weighted by atomic mass is 33.1. The van der Waals surface area contributed by atoms with Crippen LogP contribution in [0.15, 0.2) is 0 Å². The van der Waals surface area contributed by atoms with Gasteiger partial charge in [0, 0.05) is 11.5 Å². The minimum absolute atomic E-state index is 0.275. The molecule has 1 aliphatic heterocycles. The highest BCUT2D eigenvalue weighted by molar-refractivity contribution is 8.88. The quantitative estimate of drug-likeness (QED) is 0.509. The Morgan fingerprint density at radius 3 is 2.80 bits per heavy atom. The lowest BCUT2D eigenvalue weighted by molar-refractivity contribution is 0.378. The van der Waals surface area contributed by atoms with E-state index in [1.54, 1.807) is 0 Å². The maximum Gasteiger partial charge on any atom is 0.151 e. The molecule has 0 aromatic heterocycles. The first kappa shape index (κ1) is 8.67. The molecule has 0 bridgehead atoms. The zero-order valence-corrected chi connectivity index (χ0v) is 7.98. The Hall–Kier alpha value is 0.580. The van der Waals surface area contributed by atoms with Crippen molar-refractivity contribution < 1.29 is 4.52 Å². The van der Waals surface area contributed by atoms with Crippen molar-refractivity contribution in [3.05, 3.63) is 0 Å². The van der Waals surface area contributed by atoms with Crippen molar-refractivity contribution in [3.63, 3.8) is 0 Å². The smallest absolute Gasteiger partial charge is 0.151 e. The molecule has 0 N–H and O–H groups in total. The van der Waals surface area contributed by atoms with Gasteiger partial charge < -0.3 is 4.52 Å². The molecule has 10 heavy (non-hydrogen) atoms. The van der Waals surface area contributed by atoms with Gasteiger partial charge in [-0.3, -0.25) is 0 Å². The van der Waals surface area contributed by atoms with E-state index < -0.39 is 0 Å². The Kier molecular flexibility index (Phi) is 4.56. The molecular weight excluding hydrogens is 185 g/mol. The summed E-state index contributed by atoms with van der Waals surface area (Å²) in [7, 11) is 0. The fourth-order valence-electron chi connectivity index (χ4n) is 0.501. The molecule has 0 saturated carbocycles. The van der Waals surface area contributed by atoms with Crippen LogP contribution in [0.1, 0.15) is 6.42 Å². The van der Waals surface area contributed by atoms with E-state index in [0.717, 1.165) is 0 Å². The third-order valence-electron chi connectivity index (χ3n) is 0.887. The molecule has 0 aliphatic carbocycles. The largest absolute Gasteiger partial charge is 0.338 e. The molecule has 0 aromatic carbocycles.